The lowest BCUT2D eigenvalue weighted by Crippen LogP contribution is -2.35. The standard InChI is InChI=1S/C18H25N3O3S/c1-3-9-19-18(22)17-13-14-12-15(7-8-16(14)20(17)2)25(23,24)21-10-5-4-6-11-21/h7-8,12-13H,3-6,9-11H2,1-2H3,(H,19,22). The lowest BCUT2D eigenvalue weighted by molar-refractivity contribution is 0.0946. The topological polar surface area (TPSA) is 71.4 Å². The normalized spacial score (nSPS) is 16.2. The number of aryl methyl sites for hydroxylation is 1. The van der Waals surface area contributed by atoms with Crippen molar-refractivity contribution in [2.45, 2.75) is 37.5 Å². The number of aromatic nitrogens is 1. The van der Waals surface area contributed by atoms with Gasteiger partial charge in [-0.1, -0.05) is 13.3 Å². The molecule has 6 nitrogen and oxygen atoms in total. The van der Waals surface area contributed by atoms with Crippen molar-refractivity contribution in [3.63, 3.8) is 0 Å². The first-order chi connectivity index (χ1) is 11.9. The Morgan fingerprint density at radius 3 is 2.56 bits per heavy atom. The number of piperidine rings is 1. The molecule has 0 unspecified atom stereocenters. The second-order valence-corrected chi connectivity index (χ2v) is 8.47. The molecule has 136 valence electrons. The average molecular weight is 363 g/mol. The number of carbonyl (C=O) groups excluding carboxylic acids is 1. The van der Waals surface area contributed by atoms with Gasteiger partial charge in [-0.15, -0.1) is 0 Å². The van der Waals surface area contributed by atoms with Gasteiger partial charge >= 0.3 is 0 Å². The van der Waals surface area contributed by atoms with Crippen molar-refractivity contribution in [3.05, 3.63) is 30.0 Å². The van der Waals surface area contributed by atoms with Crippen molar-refractivity contribution in [2.75, 3.05) is 19.6 Å². The molecule has 2 aromatic rings. The monoisotopic (exact) mass is 363 g/mol. The molecule has 0 radical (unpaired) electrons. The number of hydrogen-bond donors (Lipinski definition) is 1. The molecule has 1 fully saturated rings. The van der Waals surface area contributed by atoms with Gasteiger partial charge in [0.05, 0.1) is 4.90 Å². The largest absolute Gasteiger partial charge is 0.351 e. The van der Waals surface area contributed by atoms with Crippen molar-refractivity contribution in [2.24, 2.45) is 7.05 Å². The van der Waals surface area contributed by atoms with Crippen molar-refractivity contribution in [1.29, 1.82) is 0 Å². The van der Waals surface area contributed by atoms with E-state index in [-0.39, 0.29) is 5.91 Å². The van der Waals surface area contributed by atoms with Crippen molar-refractivity contribution in [1.82, 2.24) is 14.2 Å². The van der Waals surface area contributed by atoms with Crippen molar-refractivity contribution < 1.29 is 13.2 Å². The first-order valence-corrected chi connectivity index (χ1v) is 10.3. The Morgan fingerprint density at radius 2 is 1.88 bits per heavy atom. The highest BCUT2D eigenvalue weighted by Gasteiger charge is 2.26. The Labute approximate surface area is 148 Å². The number of nitrogens with zero attached hydrogens (tertiary/aromatic N) is 2. The van der Waals surface area contributed by atoms with Gasteiger partial charge < -0.3 is 9.88 Å². The van der Waals surface area contributed by atoms with Gasteiger partial charge in [0.15, 0.2) is 0 Å². The average Bonchev–Trinajstić information content (AvgIpc) is 2.96. The molecule has 0 saturated carbocycles. The van der Waals surface area contributed by atoms with E-state index in [1.807, 2.05) is 14.0 Å². The number of nitrogens with one attached hydrogen (secondary N) is 1. The summed E-state index contributed by atoms with van der Waals surface area (Å²) in [6.45, 7) is 3.79. The first kappa shape index (κ1) is 17.9. The van der Waals surface area contributed by atoms with Crippen LogP contribution in [0.15, 0.2) is 29.2 Å². The third-order valence-electron chi connectivity index (χ3n) is 4.73. The molecule has 3 rings (SSSR count). The Hall–Kier alpha value is -1.86. The van der Waals surface area contributed by atoms with Gasteiger partial charge in [-0.2, -0.15) is 4.31 Å². The molecule has 1 aliphatic heterocycles. The van der Waals surface area contributed by atoms with Crippen molar-refractivity contribution >= 4 is 26.8 Å². The van der Waals surface area contributed by atoms with Gasteiger partial charge in [0.1, 0.15) is 5.69 Å². The van der Waals surface area contributed by atoms with Crippen LogP contribution in [0.4, 0.5) is 0 Å². The number of benzene rings is 1. The minimum Gasteiger partial charge on any atom is -0.351 e. The SMILES string of the molecule is CCCNC(=O)c1cc2cc(S(=O)(=O)N3CCCCC3)ccc2n1C. The predicted octanol–water partition coefficient (Wildman–Crippen LogP) is 2.49. The van der Waals surface area contributed by atoms with E-state index in [0.29, 0.717) is 30.2 Å². The molecule has 0 bridgehead atoms. The first-order valence-electron chi connectivity index (χ1n) is 8.83. The van der Waals surface area contributed by atoms with Gasteiger partial charge in [0, 0.05) is 37.6 Å². The molecule has 25 heavy (non-hydrogen) atoms. The molecule has 0 aliphatic carbocycles. The van der Waals surface area contributed by atoms with Gasteiger partial charge in [0.2, 0.25) is 10.0 Å². The molecule has 1 N–H and O–H groups in total. The maximum atomic E-state index is 12.8. The minimum atomic E-state index is -3.47. The van der Waals surface area contributed by atoms with Gasteiger partial charge in [0.25, 0.3) is 5.91 Å². The molecule has 1 saturated heterocycles. The number of hydrogen-bond acceptors (Lipinski definition) is 3. The molecule has 0 spiro atoms. The minimum absolute atomic E-state index is 0.138. The van der Waals surface area contributed by atoms with Crippen LogP contribution in [-0.4, -0.2) is 42.8 Å². The van der Waals surface area contributed by atoms with Gasteiger partial charge in [-0.25, -0.2) is 8.42 Å². The fraction of sp³-hybridized carbons (Fsp3) is 0.500. The number of fused-ring (bicyclic) bond motifs is 1. The molecule has 0 atom stereocenters. The highest BCUT2D eigenvalue weighted by molar-refractivity contribution is 7.89. The van der Waals surface area contributed by atoms with Crippen LogP contribution in [0.1, 0.15) is 43.1 Å². The summed E-state index contributed by atoms with van der Waals surface area (Å²) >= 11 is 0. The number of amides is 1. The Morgan fingerprint density at radius 1 is 1.16 bits per heavy atom. The number of rotatable bonds is 5. The summed E-state index contributed by atoms with van der Waals surface area (Å²) in [5.41, 5.74) is 1.38. The maximum Gasteiger partial charge on any atom is 0.267 e. The van der Waals surface area contributed by atoms with E-state index in [0.717, 1.165) is 36.6 Å². The zero-order valence-electron chi connectivity index (χ0n) is 14.8. The fourth-order valence-electron chi connectivity index (χ4n) is 3.29. The van der Waals surface area contributed by atoms with Gasteiger partial charge in [-0.3, -0.25) is 4.79 Å². The molecule has 1 aromatic heterocycles. The summed E-state index contributed by atoms with van der Waals surface area (Å²) < 4.78 is 29.0. The quantitative estimate of drug-likeness (QED) is 0.887. The third kappa shape index (κ3) is 3.43. The molecule has 2 heterocycles. The lowest BCUT2D eigenvalue weighted by atomic mass is 10.2. The Bertz CT molecular complexity index is 880. The summed E-state index contributed by atoms with van der Waals surface area (Å²) in [5.74, 6) is -0.138. The molecular formula is C18H25N3O3S. The highest BCUT2D eigenvalue weighted by atomic mass is 32.2. The molecule has 1 aromatic carbocycles. The molecular weight excluding hydrogens is 338 g/mol. The Kier molecular flexibility index (Phi) is 5.15. The smallest absolute Gasteiger partial charge is 0.267 e. The molecule has 7 heteroatoms. The summed E-state index contributed by atoms with van der Waals surface area (Å²) in [5, 5.41) is 3.63. The lowest BCUT2D eigenvalue weighted by Gasteiger charge is -2.25. The van der Waals surface area contributed by atoms with E-state index in [9.17, 15) is 13.2 Å². The maximum absolute atomic E-state index is 12.8. The highest BCUT2D eigenvalue weighted by Crippen LogP contribution is 2.26. The van der Waals surface area contributed by atoms with Crippen LogP contribution in [0.25, 0.3) is 10.9 Å². The van der Waals surface area contributed by atoms with Crippen LogP contribution in [0.5, 0.6) is 0 Å². The second kappa shape index (κ2) is 7.17. The van der Waals surface area contributed by atoms with E-state index in [2.05, 4.69) is 5.32 Å². The zero-order valence-corrected chi connectivity index (χ0v) is 15.6. The molecule has 1 aliphatic rings. The molecule has 1 amide bonds. The van der Waals surface area contributed by atoms with Crippen LogP contribution in [0.2, 0.25) is 0 Å². The van der Waals surface area contributed by atoms with E-state index >= 15 is 0 Å². The summed E-state index contributed by atoms with van der Waals surface area (Å²) in [6, 6.07) is 6.86. The summed E-state index contributed by atoms with van der Waals surface area (Å²) in [6.07, 6.45) is 3.77. The second-order valence-electron chi connectivity index (χ2n) is 6.53. The predicted molar refractivity (Wildman–Crippen MR) is 98.2 cm³/mol. The van der Waals surface area contributed by atoms with Crippen LogP contribution in [0.3, 0.4) is 0 Å². The van der Waals surface area contributed by atoms with Crippen LogP contribution < -0.4 is 5.32 Å². The fourth-order valence-corrected chi connectivity index (χ4v) is 4.84. The van der Waals surface area contributed by atoms with Gasteiger partial charge in [-0.05, 0) is 43.5 Å². The number of carbonyl (C=O) groups is 1. The van der Waals surface area contributed by atoms with Crippen LogP contribution in [0, 0.1) is 0 Å². The van der Waals surface area contributed by atoms with Crippen molar-refractivity contribution in [3.8, 4) is 0 Å². The van der Waals surface area contributed by atoms with Crippen LogP contribution in [-0.2, 0) is 17.1 Å². The Balaban J connectivity index is 1.96. The summed E-state index contributed by atoms with van der Waals surface area (Å²) in [4.78, 5) is 12.6. The van der Waals surface area contributed by atoms with Crippen LogP contribution >= 0.6 is 0 Å². The number of sulfonamides is 1. The summed E-state index contributed by atoms with van der Waals surface area (Å²) in [7, 11) is -1.65. The van der Waals surface area contributed by atoms with E-state index in [1.165, 1.54) is 0 Å². The third-order valence-corrected chi connectivity index (χ3v) is 6.63. The zero-order chi connectivity index (χ0) is 18.0. The van der Waals surface area contributed by atoms with E-state index in [4.69, 9.17) is 0 Å². The van der Waals surface area contributed by atoms with E-state index < -0.39 is 10.0 Å². The van der Waals surface area contributed by atoms with E-state index in [1.54, 1.807) is 33.1 Å².